The minimum absolute atomic E-state index is 0.0565. The van der Waals surface area contributed by atoms with Crippen LogP contribution >= 0.6 is 0 Å². The number of hydrogen-bond acceptors (Lipinski definition) is 4. The number of oxime groups is 1. The van der Waals surface area contributed by atoms with E-state index in [0.717, 1.165) is 10.8 Å². The second-order valence-corrected chi connectivity index (χ2v) is 4.46. The van der Waals surface area contributed by atoms with Gasteiger partial charge < -0.3 is 15.7 Å². The molecule has 0 spiro atoms. The molecule has 5 heteroatoms. The highest BCUT2D eigenvalue weighted by atomic mass is 16.5. The van der Waals surface area contributed by atoms with Crippen LogP contribution in [0.15, 0.2) is 65.8 Å². The predicted molar refractivity (Wildman–Crippen MR) is 80.8 cm³/mol. The summed E-state index contributed by atoms with van der Waals surface area (Å²) in [5.74, 6) is 1.01. The van der Waals surface area contributed by atoms with Crippen molar-refractivity contribution in [2.24, 2.45) is 10.9 Å². The van der Waals surface area contributed by atoms with E-state index in [-0.39, 0.29) is 5.84 Å². The molecule has 3 N–H and O–H groups in total. The minimum atomic E-state index is -0.0565. The molecule has 0 aliphatic heterocycles. The molecule has 1 heterocycles. The van der Waals surface area contributed by atoms with E-state index in [1.165, 1.54) is 0 Å². The van der Waals surface area contributed by atoms with Crippen molar-refractivity contribution in [3.05, 3.63) is 66.4 Å². The fourth-order valence-electron chi connectivity index (χ4n) is 2.02. The Hall–Kier alpha value is -3.08. The van der Waals surface area contributed by atoms with Gasteiger partial charge in [-0.15, -0.1) is 0 Å². The number of fused-ring (bicyclic) bond motifs is 1. The third kappa shape index (κ3) is 2.76. The van der Waals surface area contributed by atoms with E-state index in [0.29, 0.717) is 17.3 Å². The number of aromatic nitrogens is 1. The average molecular weight is 279 g/mol. The van der Waals surface area contributed by atoms with Crippen molar-refractivity contribution in [1.29, 1.82) is 0 Å². The van der Waals surface area contributed by atoms with Gasteiger partial charge in [-0.25, -0.2) is 4.98 Å². The molecule has 0 aliphatic rings. The molecule has 3 aromatic rings. The molecular weight excluding hydrogens is 266 g/mol. The molecule has 1 aromatic heterocycles. The van der Waals surface area contributed by atoms with Crippen LogP contribution < -0.4 is 10.5 Å². The average Bonchev–Trinajstić information content (AvgIpc) is 2.54. The van der Waals surface area contributed by atoms with Gasteiger partial charge in [0.1, 0.15) is 11.4 Å². The fourth-order valence-corrected chi connectivity index (χ4v) is 2.02. The number of rotatable bonds is 3. The standard InChI is InChI=1S/C16H13N3O2/c17-16(19-20)14-6-3-7-15(18-14)21-13-9-8-11-4-1-2-5-12(11)10-13/h1-10,20H,(H2,17,19). The molecule has 0 amide bonds. The second kappa shape index (κ2) is 5.50. The quantitative estimate of drug-likeness (QED) is 0.334. The van der Waals surface area contributed by atoms with Gasteiger partial charge in [-0.2, -0.15) is 0 Å². The first-order valence-electron chi connectivity index (χ1n) is 6.38. The molecule has 0 radical (unpaired) electrons. The van der Waals surface area contributed by atoms with Gasteiger partial charge in [0, 0.05) is 6.07 Å². The monoisotopic (exact) mass is 279 g/mol. The maximum atomic E-state index is 8.67. The molecule has 0 saturated carbocycles. The molecule has 0 aliphatic carbocycles. The first kappa shape index (κ1) is 12.9. The van der Waals surface area contributed by atoms with Crippen LogP contribution in [0.25, 0.3) is 10.8 Å². The van der Waals surface area contributed by atoms with Gasteiger partial charge in [-0.1, -0.05) is 41.6 Å². The Bertz CT molecular complexity index is 815. The molecule has 0 saturated heterocycles. The zero-order valence-electron chi connectivity index (χ0n) is 11.1. The van der Waals surface area contributed by atoms with Crippen LogP contribution in [0.2, 0.25) is 0 Å². The van der Waals surface area contributed by atoms with Crippen molar-refractivity contribution in [1.82, 2.24) is 4.98 Å². The third-order valence-electron chi connectivity index (χ3n) is 3.04. The molecule has 0 bridgehead atoms. The Morgan fingerprint density at radius 2 is 1.81 bits per heavy atom. The lowest BCUT2D eigenvalue weighted by Gasteiger charge is -2.07. The number of hydrogen-bond donors (Lipinski definition) is 2. The molecule has 0 atom stereocenters. The molecule has 21 heavy (non-hydrogen) atoms. The summed E-state index contributed by atoms with van der Waals surface area (Å²) in [6.07, 6.45) is 0. The van der Waals surface area contributed by atoms with Crippen LogP contribution in [0.1, 0.15) is 5.69 Å². The zero-order valence-corrected chi connectivity index (χ0v) is 11.1. The highest BCUT2D eigenvalue weighted by Gasteiger charge is 2.05. The summed E-state index contributed by atoms with van der Waals surface area (Å²) in [5, 5.41) is 13.8. The van der Waals surface area contributed by atoms with Crippen molar-refractivity contribution in [2.75, 3.05) is 0 Å². The molecule has 104 valence electrons. The maximum absolute atomic E-state index is 8.67. The number of benzene rings is 2. The summed E-state index contributed by atoms with van der Waals surface area (Å²) in [5.41, 5.74) is 5.87. The smallest absolute Gasteiger partial charge is 0.219 e. The summed E-state index contributed by atoms with van der Waals surface area (Å²) in [7, 11) is 0. The predicted octanol–water partition coefficient (Wildman–Crippen LogP) is 3.12. The number of amidine groups is 1. The van der Waals surface area contributed by atoms with E-state index in [1.807, 2.05) is 42.5 Å². The highest BCUT2D eigenvalue weighted by Crippen LogP contribution is 2.24. The topological polar surface area (TPSA) is 80.7 Å². The summed E-state index contributed by atoms with van der Waals surface area (Å²) in [6, 6.07) is 18.9. The summed E-state index contributed by atoms with van der Waals surface area (Å²) < 4.78 is 5.72. The number of nitrogens with zero attached hydrogens (tertiary/aromatic N) is 2. The van der Waals surface area contributed by atoms with E-state index in [2.05, 4.69) is 10.1 Å². The van der Waals surface area contributed by atoms with Crippen molar-refractivity contribution in [3.8, 4) is 11.6 Å². The van der Waals surface area contributed by atoms with Gasteiger partial charge in [0.15, 0.2) is 5.84 Å². The van der Waals surface area contributed by atoms with E-state index >= 15 is 0 Å². The molecule has 0 unspecified atom stereocenters. The normalized spacial score (nSPS) is 11.5. The van der Waals surface area contributed by atoms with E-state index < -0.39 is 0 Å². The van der Waals surface area contributed by atoms with Crippen LogP contribution in [-0.2, 0) is 0 Å². The van der Waals surface area contributed by atoms with Crippen LogP contribution in [-0.4, -0.2) is 16.0 Å². The molecule has 5 nitrogen and oxygen atoms in total. The van der Waals surface area contributed by atoms with Crippen molar-refractivity contribution in [3.63, 3.8) is 0 Å². The lowest BCUT2D eigenvalue weighted by molar-refractivity contribution is 0.318. The van der Waals surface area contributed by atoms with Gasteiger partial charge in [-0.3, -0.25) is 0 Å². The second-order valence-electron chi connectivity index (χ2n) is 4.46. The van der Waals surface area contributed by atoms with Gasteiger partial charge in [-0.05, 0) is 29.0 Å². The Morgan fingerprint density at radius 1 is 1.00 bits per heavy atom. The van der Waals surface area contributed by atoms with Gasteiger partial charge in [0.05, 0.1) is 0 Å². The van der Waals surface area contributed by atoms with E-state index in [1.54, 1.807) is 18.2 Å². The highest BCUT2D eigenvalue weighted by molar-refractivity contribution is 5.95. The van der Waals surface area contributed by atoms with Crippen LogP contribution in [0.3, 0.4) is 0 Å². The van der Waals surface area contributed by atoms with Crippen LogP contribution in [0, 0.1) is 0 Å². The first-order chi connectivity index (χ1) is 10.3. The molecule has 2 aromatic carbocycles. The Morgan fingerprint density at radius 3 is 2.62 bits per heavy atom. The van der Waals surface area contributed by atoms with E-state index in [4.69, 9.17) is 15.7 Å². The number of pyridine rings is 1. The van der Waals surface area contributed by atoms with Crippen LogP contribution in [0.5, 0.6) is 11.6 Å². The number of nitrogens with two attached hydrogens (primary N) is 1. The Labute approximate surface area is 121 Å². The Balaban J connectivity index is 1.91. The lowest BCUT2D eigenvalue weighted by atomic mass is 10.1. The van der Waals surface area contributed by atoms with Crippen LogP contribution in [0.4, 0.5) is 0 Å². The Kier molecular flexibility index (Phi) is 3.39. The summed E-state index contributed by atoms with van der Waals surface area (Å²) in [4.78, 5) is 4.18. The van der Waals surface area contributed by atoms with Gasteiger partial charge in [0.2, 0.25) is 5.88 Å². The maximum Gasteiger partial charge on any atom is 0.219 e. The van der Waals surface area contributed by atoms with Gasteiger partial charge >= 0.3 is 0 Å². The van der Waals surface area contributed by atoms with E-state index in [9.17, 15) is 0 Å². The minimum Gasteiger partial charge on any atom is -0.439 e. The fraction of sp³-hybridized carbons (Fsp3) is 0. The number of ether oxygens (including phenoxy) is 1. The third-order valence-corrected chi connectivity index (χ3v) is 3.04. The zero-order chi connectivity index (χ0) is 14.7. The first-order valence-corrected chi connectivity index (χ1v) is 6.38. The molecular formula is C16H13N3O2. The van der Waals surface area contributed by atoms with Crippen molar-refractivity contribution in [2.45, 2.75) is 0 Å². The van der Waals surface area contributed by atoms with Crippen molar-refractivity contribution < 1.29 is 9.94 Å². The molecule has 3 rings (SSSR count). The summed E-state index contributed by atoms with van der Waals surface area (Å²) in [6.45, 7) is 0. The van der Waals surface area contributed by atoms with Gasteiger partial charge in [0.25, 0.3) is 0 Å². The SMILES string of the molecule is NC(=NO)c1cccc(Oc2ccc3ccccc3c2)n1. The van der Waals surface area contributed by atoms with Crippen molar-refractivity contribution >= 4 is 16.6 Å². The lowest BCUT2D eigenvalue weighted by Crippen LogP contribution is -2.14. The molecule has 0 fully saturated rings. The largest absolute Gasteiger partial charge is 0.439 e. The summed E-state index contributed by atoms with van der Waals surface area (Å²) >= 11 is 0.